The number of nitriles is 1. The van der Waals surface area contributed by atoms with Gasteiger partial charge in [-0.05, 0) is 93.4 Å². The second-order valence-electron chi connectivity index (χ2n) is 17.5. The third kappa shape index (κ3) is 8.25. The Labute approximate surface area is 357 Å². The molecule has 5 fully saturated rings. The van der Waals surface area contributed by atoms with Crippen LogP contribution in [0.5, 0.6) is 5.75 Å². The van der Waals surface area contributed by atoms with Crippen LogP contribution < -0.4 is 25.2 Å². The van der Waals surface area contributed by atoms with Crippen molar-refractivity contribution in [1.29, 1.82) is 5.26 Å². The number of carbonyl (C=O) groups excluding carboxylic acids is 5. The van der Waals surface area contributed by atoms with E-state index in [0.29, 0.717) is 41.0 Å². The summed E-state index contributed by atoms with van der Waals surface area (Å²) in [5.41, 5.74) is 1.31. The highest BCUT2D eigenvalue weighted by molar-refractivity contribution is 6.31. The third-order valence-electron chi connectivity index (χ3n) is 13.5. The van der Waals surface area contributed by atoms with Crippen molar-refractivity contribution >= 4 is 52.6 Å². The molecule has 5 aliphatic heterocycles. The van der Waals surface area contributed by atoms with Crippen LogP contribution in [0.2, 0.25) is 5.02 Å². The molecular weight excluding hydrogens is 805 g/mol. The molecule has 1 unspecified atom stereocenters. The molecule has 6 aliphatic rings. The monoisotopic (exact) mass is 851 g/mol. The molecule has 4 saturated heterocycles. The molecule has 5 amide bonds. The first kappa shape index (κ1) is 40.7. The van der Waals surface area contributed by atoms with Gasteiger partial charge in [0.05, 0.1) is 45.9 Å². The van der Waals surface area contributed by atoms with E-state index in [9.17, 15) is 24.0 Å². The zero-order valence-electron chi connectivity index (χ0n) is 33.7. The number of hydrogen-bond donors (Lipinski definition) is 2. The van der Waals surface area contributed by atoms with Gasteiger partial charge in [-0.3, -0.25) is 34.2 Å². The molecule has 9 rings (SSSR count). The number of anilines is 2. The lowest BCUT2D eigenvalue weighted by Gasteiger charge is -2.55. The van der Waals surface area contributed by atoms with Crippen molar-refractivity contribution < 1.29 is 33.1 Å². The number of nitrogens with zero attached hydrogens (tertiary/aromatic N) is 7. The van der Waals surface area contributed by atoms with Gasteiger partial charge in [-0.1, -0.05) is 11.6 Å². The minimum absolute atomic E-state index is 0.0137. The molecule has 0 bridgehead atoms. The van der Waals surface area contributed by atoms with Crippen LogP contribution in [0.3, 0.4) is 0 Å². The maximum atomic E-state index is 15.5. The fourth-order valence-corrected chi connectivity index (χ4v) is 10.3. The van der Waals surface area contributed by atoms with E-state index in [-0.39, 0.29) is 53.1 Å². The zero-order valence-corrected chi connectivity index (χ0v) is 34.5. The molecular formula is C44H47ClFN9O6. The molecule has 3 aromatic rings. The highest BCUT2D eigenvalue weighted by atomic mass is 35.5. The average molecular weight is 852 g/mol. The predicted molar refractivity (Wildman–Crippen MR) is 221 cm³/mol. The summed E-state index contributed by atoms with van der Waals surface area (Å²) in [5.74, 6) is -1.42. The number of piperidine rings is 3. The number of benzene rings is 2. The summed E-state index contributed by atoms with van der Waals surface area (Å²) < 4.78 is 21.5. The number of halogens is 2. The number of nitrogens with one attached hydrogen (secondary N) is 2. The molecule has 1 atom stereocenters. The zero-order chi connectivity index (χ0) is 42.4. The Bertz CT molecular complexity index is 2290. The van der Waals surface area contributed by atoms with E-state index in [1.54, 1.807) is 30.6 Å². The van der Waals surface area contributed by atoms with E-state index in [1.165, 1.54) is 6.07 Å². The fraction of sp³-hybridized carbons (Fsp3) is 0.500. The van der Waals surface area contributed by atoms with Gasteiger partial charge in [-0.15, -0.1) is 0 Å². The molecule has 2 N–H and O–H groups in total. The standard InChI is InChI=1S/C44H47ClFN9O6/c45-33-17-30(4-1-27(33)20-47)61-29-5-2-28(3-6-29)50-40(57)35-21-49-38(22-48-35)54-15-11-44(12-16-54)24-52(25-44)23-26-9-13-53(14-10-26)37-19-32-31(18-34(37)46)42(59)55(43(32)60)36-7-8-39(56)51-41(36)58/h1,4,17-19,21-22,26,28-29,36H,2-3,5-16,23-25H2,(H,50,57)(H,51,56,58). The Morgan fingerprint density at radius 1 is 0.918 bits per heavy atom. The summed E-state index contributed by atoms with van der Waals surface area (Å²) in [6, 6.07) is 8.61. The Morgan fingerprint density at radius 2 is 1.64 bits per heavy atom. The van der Waals surface area contributed by atoms with Crippen LogP contribution >= 0.6 is 11.6 Å². The highest BCUT2D eigenvalue weighted by Crippen LogP contribution is 2.42. The van der Waals surface area contributed by atoms with Crippen molar-refractivity contribution in [2.45, 2.75) is 82.4 Å². The quantitative estimate of drug-likeness (QED) is 0.289. The van der Waals surface area contributed by atoms with Gasteiger partial charge < -0.3 is 24.8 Å². The van der Waals surface area contributed by atoms with Crippen LogP contribution in [-0.2, 0) is 9.59 Å². The smallest absolute Gasteiger partial charge is 0.271 e. The second-order valence-corrected chi connectivity index (χ2v) is 17.9. The van der Waals surface area contributed by atoms with Crippen LogP contribution in [-0.4, -0.2) is 113 Å². The van der Waals surface area contributed by atoms with Crippen molar-refractivity contribution in [1.82, 2.24) is 30.4 Å². The molecule has 318 valence electrons. The first-order valence-electron chi connectivity index (χ1n) is 21.2. The van der Waals surface area contributed by atoms with E-state index in [4.69, 9.17) is 21.6 Å². The first-order valence-corrected chi connectivity index (χ1v) is 21.6. The molecule has 1 spiro atoms. The van der Waals surface area contributed by atoms with E-state index in [1.807, 2.05) is 4.90 Å². The van der Waals surface area contributed by atoms with Crippen LogP contribution in [0, 0.1) is 28.5 Å². The molecule has 17 heteroatoms. The van der Waals surface area contributed by atoms with E-state index < -0.39 is 35.5 Å². The minimum atomic E-state index is -1.09. The van der Waals surface area contributed by atoms with E-state index >= 15 is 4.39 Å². The lowest BCUT2D eigenvalue weighted by molar-refractivity contribution is -0.136. The van der Waals surface area contributed by atoms with Crippen LogP contribution in [0.15, 0.2) is 42.7 Å². The number of aromatic nitrogens is 2. The first-order chi connectivity index (χ1) is 29.5. The molecule has 1 saturated carbocycles. The van der Waals surface area contributed by atoms with Gasteiger partial charge in [0.1, 0.15) is 35.2 Å². The topological polar surface area (TPSA) is 181 Å². The highest BCUT2D eigenvalue weighted by Gasteiger charge is 2.47. The Balaban J connectivity index is 0.692. The lowest BCUT2D eigenvalue weighted by Crippen LogP contribution is -2.61. The average Bonchev–Trinajstić information content (AvgIpc) is 3.48. The van der Waals surface area contributed by atoms with Gasteiger partial charge in [0.15, 0.2) is 0 Å². The molecule has 1 aromatic heterocycles. The van der Waals surface area contributed by atoms with Crippen molar-refractivity contribution in [2.24, 2.45) is 11.3 Å². The summed E-state index contributed by atoms with van der Waals surface area (Å²) in [6.45, 7) is 6.08. The SMILES string of the molecule is N#Cc1ccc(OC2CCC(NC(=O)c3cnc(N4CCC5(CC4)CN(CC4CCN(c6cc7c(cc6F)C(=O)N(C6CCC(=O)NC6=O)C7=O)CC4)C5)cn3)CC2)cc1Cl. The molecule has 6 heterocycles. The summed E-state index contributed by atoms with van der Waals surface area (Å²) in [7, 11) is 0. The second kappa shape index (κ2) is 16.7. The lowest BCUT2D eigenvalue weighted by atomic mass is 9.71. The van der Waals surface area contributed by atoms with Crippen LogP contribution in [0.25, 0.3) is 0 Å². The number of carbonyl (C=O) groups is 5. The number of amides is 5. The number of fused-ring (bicyclic) bond motifs is 1. The van der Waals surface area contributed by atoms with Gasteiger partial charge in [-0.2, -0.15) is 5.26 Å². The Kier molecular flexibility index (Phi) is 11.1. The third-order valence-corrected chi connectivity index (χ3v) is 13.8. The van der Waals surface area contributed by atoms with E-state index in [0.717, 1.165) is 101 Å². The fourth-order valence-electron chi connectivity index (χ4n) is 10.0. The van der Waals surface area contributed by atoms with Gasteiger partial charge in [0.2, 0.25) is 11.8 Å². The normalized spacial score (nSPS) is 24.3. The number of ether oxygens (including phenoxy) is 1. The predicted octanol–water partition coefficient (Wildman–Crippen LogP) is 4.48. The van der Waals surface area contributed by atoms with Gasteiger partial charge in [0, 0.05) is 64.3 Å². The molecule has 2 aromatic carbocycles. The minimum Gasteiger partial charge on any atom is -0.490 e. The molecule has 0 radical (unpaired) electrons. The van der Waals surface area contributed by atoms with Crippen LogP contribution in [0.4, 0.5) is 15.9 Å². The van der Waals surface area contributed by atoms with Gasteiger partial charge >= 0.3 is 0 Å². The van der Waals surface area contributed by atoms with Crippen molar-refractivity contribution in [3.8, 4) is 11.8 Å². The van der Waals surface area contributed by atoms with Crippen molar-refractivity contribution in [3.05, 3.63) is 75.9 Å². The Morgan fingerprint density at radius 3 is 2.30 bits per heavy atom. The summed E-state index contributed by atoms with van der Waals surface area (Å²) in [6.07, 6.45) is 10.3. The number of likely N-dealkylation sites (tertiary alicyclic amines) is 1. The van der Waals surface area contributed by atoms with Crippen molar-refractivity contribution in [2.75, 3.05) is 55.6 Å². The number of rotatable bonds is 9. The van der Waals surface area contributed by atoms with Crippen LogP contribution in [0.1, 0.15) is 101 Å². The molecule has 1 aliphatic carbocycles. The maximum absolute atomic E-state index is 15.5. The maximum Gasteiger partial charge on any atom is 0.271 e. The molecule has 61 heavy (non-hydrogen) atoms. The number of imide groups is 2. The number of hydrogen-bond acceptors (Lipinski definition) is 12. The Hall–Kier alpha value is -5.66. The van der Waals surface area contributed by atoms with Gasteiger partial charge in [-0.25, -0.2) is 14.4 Å². The van der Waals surface area contributed by atoms with E-state index in [2.05, 4.69) is 36.5 Å². The summed E-state index contributed by atoms with van der Waals surface area (Å²) >= 11 is 6.15. The summed E-state index contributed by atoms with van der Waals surface area (Å²) in [5, 5.41) is 14.8. The van der Waals surface area contributed by atoms with Gasteiger partial charge in [0.25, 0.3) is 17.7 Å². The molecule has 15 nitrogen and oxygen atoms in total. The summed E-state index contributed by atoms with van der Waals surface area (Å²) in [4.78, 5) is 80.2. The largest absolute Gasteiger partial charge is 0.490 e. The van der Waals surface area contributed by atoms with Crippen molar-refractivity contribution in [3.63, 3.8) is 0 Å².